The average Bonchev–Trinajstić information content (AvgIpc) is 2.91. The van der Waals surface area contributed by atoms with Gasteiger partial charge in [0.15, 0.2) is 0 Å². The highest BCUT2D eigenvalue weighted by atomic mass is 32.2. The molecule has 2 amide bonds. The molecule has 0 aliphatic carbocycles. The highest BCUT2D eigenvalue weighted by Crippen LogP contribution is 2.31. The first-order valence-corrected chi connectivity index (χ1v) is 10.1. The summed E-state index contributed by atoms with van der Waals surface area (Å²) in [4.78, 5) is 26.3. The van der Waals surface area contributed by atoms with E-state index in [4.69, 9.17) is 0 Å². The number of carbonyl (C=O) groups is 2. The maximum absolute atomic E-state index is 12.4. The van der Waals surface area contributed by atoms with Gasteiger partial charge in [-0.05, 0) is 30.3 Å². The molecule has 2 aromatic carbocycles. The molecule has 1 heterocycles. The minimum Gasteiger partial charge on any atom is -0.326 e. The zero-order valence-corrected chi connectivity index (χ0v) is 16.5. The fraction of sp³-hybridized carbons (Fsp3) is 0.200. The Labute approximate surface area is 164 Å². The van der Waals surface area contributed by atoms with Crippen LogP contribution in [0.25, 0.3) is 5.70 Å². The van der Waals surface area contributed by atoms with Crippen molar-refractivity contribution in [3.63, 3.8) is 0 Å². The molecule has 8 heteroatoms. The number of anilines is 1. The van der Waals surface area contributed by atoms with E-state index >= 15 is 0 Å². The molecular weight excluding hydrogens is 378 g/mol. The topological polar surface area (TPSA) is 86.8 Å². The lowest BCUT2D eigenvalue weighted by atomic mass is 10.1. The monoisotopic (exact) mass is 399 g/mol. The summed E-state index contributed by atoms with van der Waals surface area (Å²) >= 11 is 0. The van der Waals surface area contributed by atoms with Crippen LogP contribution in [0.1, 0.15) is 22.3 Å². The number of hydrogen-bond donors (Lipinski definition) is 1. The van der Waals surface area contributed by atoms with Gasteiger partial charge < -0.3 is 10.2 Å². The predicted octanol–water partition coefficient (Wildman–Crippen LogP) is 2.39. The fourth-order valence-electron chi connectivity index (χ4n) is 2.93. The van der Waals surface area contributed by atoms with E-state index in [0.29, 0.717) is 16.9 Å². The molecule has 0 atom stereocenters. The van der Waals surface area contributed by atoms with Gasteiger partial charge in [-0.2, -0.15) is 0 Å². The Hall–Kier alpha value is -2.97. The molecule has 0 bridgehead atoms. The molecule has 1 aliphatic rings. The summed E-state index contributed by atoms with van der Waals surface area (Å²) in [6.45, 7) is 4.16. The highest BCUT2D eigenvalue weighted by molar-refractivity contribution is 7.89. The van der Waals surface area contributed by atoms with Crippen molar-refractivity contribution < 1.29 is 18.0 Å². The Morgan fingerprint density at radius 2 is 1.68 bits per heavy atom. The van der Waals surface area contributed by atoms with Crippen LogP contribution >= 0.6 is 0 Å². The van der Waals surface area contributed by atoms with Crippen molar-refractivity contribution in [2.75, 3.05) is 26.0 Å². The van der Waals surface area contributed by atoms with Crippen molar-refractivity contribution in [2.45, 2.75) is 11.3 Å². The molecule has 0 unspecified atom stereocenters. The van der Waals surface area contributed by atoms with Crippen LogP contribution in [0.5, 0.6) is 0 Å². The predicted molar refractivity (Wildman–Crippen MR) is 107 cm³/mol. The zero-order valence-electron chi connectivity index (χ0n) is 15.7. The summed E-state index contributed by atoms with van der Waals surface area (Å²) in [6.07, 6.45) is 0.0937. The van der Waals surface area contributed by atoms with E-state index in [0.717, 1.165) is 9.87 Å². The molecule has 7 nitrogen and oxygen atoms in total. The quantitative estimate of drug-likeness (QED) is 0.808. The Bertz CT molecular complexity index is 1010. The fourth-order valence-corrected chi connectivity index (χ4v) is 3.83. The lowest BCUT2D eigenvalue weighted by Gasteiger charge is -2.17. The van der Waals surface area contributed by atoms with Crippen molar-refractivity contribution in [3.8, 4) is 0 Å². The molecule has 2 aromatic rings. The van der Waals surface area contributed by atoms with Gasteiger partial charge in [-0.3, -0.25) is 9.59 Å². The number of nitrogens with zero attached hydrogens (tertiary/aromatic N) is 2. The van der Waals surface area contributed by atoms with E-state index in [2.05, 4.69) is 11.9 Å². The Balaban J connectivity index is 1.60. The lowest BCUT2D eigenvalue weighted by molar-refractivity contribution is -0.116. The first-order chi connectivity index (χ1) is 13.2. The van der Waals surface area contributed by atoms with E-state index in [1.807, 2.05) is 12.1 Å². The van der Waals surface area contributed by atoms with E-state index in [1.165, 1.54) is 43.3 Å². The summed E-state index contributed by atoms with van der Waals surface area (Å²) in [5.74, 6) is -0.439. The van der Waals surface area contributed by atoms with Crippen LogP contribution in [0.2, 0.25) is 0 Å². The number of carbonyl (C=O) groups excluding carboxylic acids is 2. The second-order valence-corrected chi connectivity index (χ2v) is 8.71. The Morgan fingerprint density at radius 3 is 2.25 bits per heavy atom. The van der Waals surface area contributed by atoms with Gasteiger partial charge in [0, 0.05) is 49.6 Å². The van der Waals surface area contributed by atoms with Gasteiger partial charge in [0.1, 0.15) is 0 Å². The van der Waals surface area contributed by atoms with Crippen molar-refractivity contribution in [1.82, 2.24) is 9.21 Å². The molecule has 1 aliphatic heterocycles. The molecule has 0 fully saturated rings. The minimum absolute atomic E-state index is 0.0937. The molecule has 0 saturated heterocycles. The van der Waals surface area contributed by atoms with Crippen LogP contribution in [-0.2, 0) is 14.8 Å². The number of sulfonamides is 1. The Kier molecular flexibility index (Phi) is 5.35. The van der Waals surface area contributed by atoms with Crippen LogP contribution in [0.15, 0.2) is 60.0 Å². The Morgan fingerprint density at radius 1 is 1.07 bits per heavy atom. The van der Waals surface area contributed by atoms with Gasteiger partial charge in [-0.1, -0.05) is 24.8 Å². The number of nitrogens with one attached hydrogen (secondary N) is 1. The van der Waals surface area contributed by atoms with Gasteiger partial charge in [-0.25, -0.2) is 12.7 Å². The standard InChI is InChI=1S/C20H21N3O4S/c1-14-17-6-4-5-7-18(17)20(25)23(14)13-12-19(24)21-15-8-10-16(11-9-15)28(26,27)22(2)3/h4-11H,1,12-13H2,2-3H3,(H,21,24). The van der Waals surface area contributed by atoms with Crippen LogP contribution in [-0.4, -0.2) is 50.1 Å². The summed E-state index contributed by atoms with van der Waals surface area (Å²) < 4.78 is 25.2. The SMILES string of the molecule is C=C1c2ccccc2C(=O)N1CCC(=O)Nc1ccc(S(=O)(=O)N(C)C)cc1. The smallest absolute Gasteiger partial charge is 0.258 e. The molecule has 0 radical (unpaired) electrons. The highest BCUT2D eigenvalue weighted by Gasteiger charge is 2.30. The first-order valence-electron chi connectivity index (χ1n) is 8.64. The van der Waals surface area contributed by atoms with Gasteiger partial charge >= 0.3 is 0 Å². The molecule has 3 rings (SSSR count). The van der Waals surface area contributed by atoms with Crippen molar-refractivity contribution >= 4 is 33.2 Å². The summed E-state index contributed by atoms with van der Waals surface area (Å²) in [5, 5.41) is 2.71. The van der Waals surface area contributed by atoms with Gasteiger partial charge in [0.05, 0.1) is 4.90 Å². The maximum atomic E-state index is 12.4. The number of hydrogen-bond acceptors (Lipinski definition) is 4. The third-order valence-corrected chi connectivity index (χ3v) is 6.35. The zero-order chi connectivity index (χ0) is 20.5. The van der Waals surface area contributed by atoms with Crippen LogP contribution < -0.4 is 5.32 Å². The minimum atomic E-state index is -3.52. The molecule has 0 saturated carbocycles. The lowest BCUT2D eigenvalue weighted by Crippen LogP contribution is -2.27. The van der Waals surface area contributed by atoms with E-state index < -0.39 is 10.0 Å². The van der Waals surface area contributed by atoms with E-state index in [-0.39, 0.29) is 29.7 Å². The molecule has 0 aromatic heterocycles. The normalized spacial score (nSPS) is 13.8. The molecular formula is C20H21N3O4S. The van der Waals surface area contributed by atoms with Crippen molar-refractivity contribution in [3.05, 3.63) is 66.2 Å². The molecule has 28 heavy (non-hydrogen) atoms. The number of benzene rings is 2. The van der Waals surface area contributed by atoms with Crippen LogP contribution in [0, 0.1) is 0 Å². The molecule has 1 N–H and O–H groups in total. The van der Waals surface area contributed by atoms with Gasteiger partial charge in [-0.15, -0.1) is 0 Å². The third kappa shape index (κ3) is 3.69. The molecule has 146 valence electrons. The van der Waals surface area contributed by atoms with Crippen molar-refractivity contribution in [1.29, 1.82) is 0 Å². The third-order valence-electron chi connectivity index (χ3n) is 4.52. The van der Waals surface area contributed by atoms with Crippen LogP contribution in [0.4, 0.5) is 5.69 Å². The largest absolute Gasteiger partial charge is 0.326 e. The summed E-state index contributed by atoms with van der Waals surface area (Å²) in [5.41, 5.74) is 2.44. The van der Waals surface area contributed by atoms with Gasteiger partial charge in [0.25, 0.3) is 5.91 Å². The number of fused-ring (bicyclic) bond motifs is 1. The number of amides is 2. The van der Waals surface area contributed by atoms with Crippen molar-refractivity contribution in [2.24, 2.45) is 0 Å². The summed E-state index contributed by atoms with van der Waals surface area (Å²) in [6, 6.07) is 13.1. The van der Waals surface area contributed by atoms with Crippen LogP contribution in [0.3, 0.4) is 0 Å². The summed E-state index contributed by atoms with van der Waals surface area (Å²) in [7, 11) is -0.605. The second-order valence-electron chi connectivity index (χ2n) is 6.56. The first kappa shape index (κ1) is 19.8. The van der Waals surface area contributed by atoms with E-state index in [1.54, 1.807) is 12.1 Å². The average molecular weight is 399 g/mol. The molecule has 0 spiro atoms. The van der Waals surface area contributed by atoms with E-state index in [9.17, 15) is 18.0 Å². The number of rotatable bonds is 6. The second kappa shape index (κ2) is 7.57. The maximum Gasteiger partial charge on any atom is 0.258 e. The van der Waals surface area contributed by atoms with Gasteiger partial charge in [0.2, 0.25) is 15.9 Å².